The molecule has 1 aromatic carbocycles. The number of likely N-dealkylation sites (N-methyl/N-ethyl adjacent to an activating group) is 1. The van der Waals surface area contributed by atoms with Gasteiger partial charge in [-0.25, -0.2) is 0 Å². The number of aliphatic hydroxyl groups excluding tert-OH is 1. The maximum Gasteiger partial charge on any atom is 0.309 e. The lowest BCUT2D eigenvalue weighted by Gasteiger charge is -2.11. The first kappa shape index (κ1) is 13.2. The fourth-order valence-electron chi connectivity index (χ4n) is 1.36. The summed E-state index contributed by atoms with van der Waals surface area (Å²) in [6.07, 6.45) is -0.263. The fourth-order valence-corrected chi connectivity index (χ4v) is 1.36. The summed E-state index contributed by atoms with van der Waals surface area (Å²) < 4.78 is 0. The zero-order valence-corrected chi connectivity index (χ0v) is 9.64. The Balaban J connectivity index is 2.33. The molecule has 0 aliphatic carbocycles. The summed E-state index contributed by atoms with van der Waals surface area (Å²) >= 11 is 0. The first-order chi connectivity index (χ1) is 8.13. The zero-order valence-electron chi connectivity index (χ0n) is 9.64. The number of carbonyl (C=O) groups is 2. The highest BCUT2D eigenvalue weighted by atomic mass is 16.3. The highest BCUT2D eigenvalue weighted by molar-refractivity contribution is 6.34. The van der Waals surface area contributed by atoms with Crippen LogP contribution in [0.2, 0.25) is 0 Å². The molecule has 5 nitrogen and oxygen atoms in total. The van der Waals surface area contributed by atoms with Gasteiger partial charge in [-0.2, -0.15) is 0 Å². The van der Waals surface area contributed by atoms with Crippen molar-refractivity contribution in [1.29, 1.82) is 0 Å². The Morgan fingerprint density at radius 1 is 1.24 bits per heavy atom. The summed E-state index contributed by atoms with van der Waals surface area (Å²) in [5, 5.41) is 14.2. The van der Waals surface area contributed by atoms with Crippen molar-refractivity contribution in [3.8, 4) is 0 Å². The van der Waals surface area contributed by atoms with Gasteiger partial charge in [0, 0.05) is 20.0 Å². The fraction of sp³-hybridized carbons (Fsp3) is 0.333. The number of nitrogens with one attached hydrogen (secondary N) is 2. The Kier molecular flexibility index (Phi) is 5.16. The molecule has 1 atom stereocenters. The number of amides is 2. The molecule has 0 heterocycles. The maximum absolute atomic E-state index is 11.1. The van der Waals surface area contributed by atoms with E-state index in [4.69, 9.17) is 0 Å². The predicted octanol–water partition coefficient (Wildman–Crippen LogP) is -0.548. The molecule has 92 valence electrons. The Morgan fingerprint density at radius 2 is 1.88 bits per heavy atom. The lowest BCUT2D eigenvalue weighted by molar-refractivity contribution is -0.139. The van der Waals surface area contributed by atoms with Crippen LogP contribution in [0.5, 0.6) is 0 Å². The molecule has 0 aliphatic heterocycles. The Bertz CT molecular complexity index is 379. The number of rotatable bonds is 4. The second-order valence-electron chi connectivity index (χ2n) is 3.63. The first-order valence-corrected chi connectivity index (χ1v) is 5.35. The largest absolute Gasteiger partial charge is 0.391 e. The van der Waals surface area contributed by atoms with Crippen molar-refractivity contribution in [3.05, 3.63) is 35.9 Å². The molecule has 0 aliphatic rings. The van der Waals surface area contributed by atoms with E-state index in [1.807, 2.05) is 30.3 Å². The van der Waals surface area contributed by atoms with E-state index >= 15 is 0 Å². The molecule has 1 unspecified atom stereocenters. The third-order valence-corrected chi connectivity index (χ3v) is 2.25. The Hall–Kier alpha value is -1.88. The van der Waals surface area contributed by atoms with E-state index in [0.717, 1.165) is 5.56 Å². The molecular formula is C12H16N2O3. The molecule has 5 heteroatoms. The van der Waals surface area contributed by atoms with Crippen molar-refractivity contribution in [2.24, 2.45) is 0 Å². The van der Waals surface area contributed by atoms with Crippen LogP contribution in [0, 0.1) is 0 Å². The van der Waals surface area contributed by atoms with Crippen LogP contribution < -0.4 is 10.6 Å². The third kappa shape index (κ3) is 4.65. The standard InChI is InChI=1S/C12H16N2O3/c1-13-11(16)12(17)14-8-10(15)7-9-5-3-2-4-6-9/h2-6,10,15H,7-8H2,1H3,(H,13,16)(H,14,17). The number of carbonyl (C=O) groups excluding carboxylic acids is 2. The highest BCUT2D eigenvalue weighted by Gasteiger charge is 2.13. The number of hydrogen-bond acceptors (Lipinski definition) is 3. The molecule has 1 rings (SSSR count). The predicted molar refractivity (Wildman–Crippen MR) is 63.2 cm³/mol. The minimum absolute atomic E-state index is 0.0567. The molecule has 3 N–H and O–H groups in total. The van der Waals surface area contributed by atoms with E-state index in [1.165, 1.54) is 7.05 Å². The molecule has 0 saturated carbocycles. The second kappa shape index (κ2) is 6.65. The van der Waals surface area contributed by atoms with E-state index in [2.05, 4.69) is 10.6 Å². The van der Waals surface area contributed by atoms with Crippen LogP contribution >= 0.6 is 0 Å². The van der Waals surface area contributed by atoms with Gasteiger partial charge in [-0.15, -0.1) is 0 Å². The third-order valence-electron chi connectivity index (χ3n) is 2.25. The van der Waals surface area contributed by atoms with Crippen molar-refractivity contribution in [2.75, 3.05) is 13.6 Å². The SMILES string of the molecule is CNC(=O)C(=O)NCC(O)Cc1ccccc1. The van der Waals surface area contributed by atoms with Gasteiger partial charge >= 0.3 is 11.8 Å². The van der Waals surface area contributed by atoms with E-state index in [9.17, 15) is 14.7 Å². The van der Waals surface area contributed by atoms with E-state index in [0.29, 0.717) is 6.42 Å². The molecule has 0 fully saturated rings. The Morgan fingerprint density at radius 3 is 2.47 bits per heavy atom. The summed E-state index contributed by atoms with van der Waals surface area (Å²) in [6.45, 7) is 0.0567. The molecule has 0 saturated heterocycles. The zero-order chi connectivity index (χ0) is 12.7. The van der Waals surface area contributed by atoms with Crippen LogP contribution in [0.15, 0.2) is 30.3 Å². The molecule has 0 spiro atoms. The van der Waals surface area contributed by atoms with Crippen LogP contribution in [-0.2, 0) is 16.0 Å². The summed E-state index contributed by atoms with van der Waals surface area (Å²) in [4.78, 5) is 22.0. The molecule has 1 aromatic rings. The van der Waals surface area contributed by atoms with Gasteiger partial charge in [0.05, 0.1) is 6.10 Å². The minimum Gasteiger partial charge on any atom is -0.391 e. The summed E-state index contributed by atoms with van der Waals surface area (Å²) in [6, 6.07) is 9.44. The van der Waals surface area contributed by atoms with Crippen molar-refractivity contribution >= 4 is 11.8 Å². The van der Waals surface area contributed by atoms with Crippen LogP contribution in [0.1, 0.15) is 5.56 Å². The quantitative estimate of drug-likeness (QED) is 0.614. The topological polar surface area (TPSA) is 78.4 Å². The second-order valence-corrected chi connectivity index (χ2v) is 3.63. The van der Waals surface area contributed by atoms with Gasteiger partial charge in [-0.05, 0) is 5.56 Å². The summed E-state index contributed by atoms with van der Waals surface area (Å²) in [7, 11) is 1.38. The maximum atomic E-state index is 11.1. The van der Waals surface area contributed by atoms with Gasteiger partial charge < -0.3 is 15.7 Å². The van der Waals surface area contributed by atoms with Crippen LogP contribution in [-0.4, -0.2) is 36.6 Å². The van der Waals surface area contributed by atoms with Gasteiger partial charge in [0.15, 0.2) is 0 Å². The van der Waals surface area contributed by atoms with Crippen LogP contribution in [0.3, 0.4) is 0 Å². The van der Waals surface area contributed by atoms with Crippen molar-refractivity contribution in [1.82, 2.24) is 10.6 Å². The van der Waals surface area contributed by atoms with E-state index in [1.54, 1.807) is 0 Å². The molecule has 0 aromatic heterocycles. The van der Waals surface area contributed by atoms with Crippen molar-refractivity contribution in [2.45, 2.75) is 12.5 Å². The Labute approximate surface area is 99.8 Å². The van der Waals surface area contributed by atoms with Gasteiger partial charge in [0.1, 0.15) is 0 Å². The average molecular weight is 236 g/mol. The van der Waals surface area contributed by atoms with Gasteiger partial charge in [0.25, 0.3) is 0 Å². The lowest BCUT2D eigenvalue weighted by Crippen LogP contribution is -2.41. The molecular weight excluding hydrogens is 220 g/mol. The number of benzene rings is 1. The molecule has 0 bridgehead atoms. The summed E-state index contributed by atoms with van der Waals surface area (Å²) in [5.74, 6) is -1.45. The number of aliphatic hydroxyl groups is 1. The molecule has 17 heavy (non-hydrogen) atoms. The van der Waals surface area contributed by atoms with Gasteiger partial charge in [-0.1, -0.05) is 30.3 Å². The highest BCUT2D eigenvalue weighted by Crippen LogP contribution is 2.02. The molecule has 0 radical (unpaired) electrons. The lowest BCUT2D eigenvalue weighted by atomic mass is 10.1. The van der Waals surface area contributed by atoms with E-state index < -0.39 is 17.9 Å². The van der Waals surface area contributed by atoms with Gasteiger partial charge in [0.2, 0.25) is 0 Å². The summed E-state index contributed by atoms with van der Waals surface area (Å²) in [5.41, 5.74) is 0.981. The van der Waals surface area contributed by atoms with E-state index in [-0.39, 0.29) is 6.54 Å². The van der Waals surface area contributed by atoms with Crippen molar-refractivity contribution < 1.29 is 14.7 Å². The first-order valence-electron chi connectivity index (χ1n) is 5.35. The van der Waals surface area contributed by atoms with Crippen LogP contribution in [0.4, 0.5) is 0 Å². The van der Waals surface area contributed by atoms with Crippen molar-refractivity contribution in [3.63, 3.8) is 0 Å². The van der Waals surface area contributed by atoms with Crippen LogP contribution in [0.25, 0.3) is 0 Å². The average Bonchev–Trinajstić information content (AvgIpc) is 2.36. The van der Waals surface area contributed by atoms with Gasteiger partial charge in [-0.3, -0.25) is 9.59 Å². The normalized spacial score (nSPS) is 11.6. The smallest absolute Gasteiger partial charge is 0.309 e. The minimum atomic E-state index is -0.736. The molecule has 2 amide bonds. The number of hydrogen-bond donors (Lipinski definition) is 3. The monoisotopic (exact) mass is 236 g/mol.